The summed E-state index contributed by atoms with van der Waals surface area (Å²) in [4.78, 5) is 25.9. The Bertz CT molecular complexity index is 691. The number of primary amides is 1. The van der Waals surface area contributed by atoms with E-state index < -0.39 is 51.4 Å². The molecular formula is C11H8BrF6N3O3. The van der Waals surface area contributed by atoms with Gasteiger partial charge in [-0.25, -0.2) is 9.78 Å². The number of amides is 1. The molecule has 1 heterocycles. The molecule has 1 unspecified atom stereocenters. The van der Waals surface area contributed by atoms with E-state index in [9.17, 15) is 35.9 Å². The second-order valence-corrected chi connectivity index (χ2v) is 5.30. The number of anilines is 1. The van der Waals surface area contributed by atoms with Crippen LogP contribution in [-0.2, 0) is 15.7 Å². The zero-order chi connectivity index (χ0) is 19.1. The fourth-order valence-corrected chi connectivity index (χ4v) is 1.87. The molecule has 4 N–H and O–H groups in total. The summed E-state index contributed by atoms with van der Waals surface area (Å²) in [5.74, 6) is -3.91. The molecule has 0 aliphatic rings. The van der Waals surface area contributed by atoms with Gasteiger partial charge in [0.1, 0.15) is 4.60 Å². The first-order valence-corrected chi connectivity index (χ1v) is 6.53. The van der Waals surface area contributed by atoms with Gasteiger partial charge in [0.05, 0.1) is 11.3 Å². The van der Waals surface area contributed by atoms with Gasteiger partial charge in [0.25, 0.3) is 11.5 Å². The minimum atomic E-state index is -5.37. The normalized spacial score (nSPS) is 14.8. The van der Waals surface area contributed by atoms with E-state index >= 15 is 0 Å². The first-order chi connectivity index (χ1) is 10.6. The summed E-state index contributed by atoms with van der Waals surface area (Å²) in [6, 6.07) is 0.281. The first kappa shape index (κ1) is 20.0. The molecule has 0 aliphatic heterocycles. The third-order valence-electron chi connectivity index (χ3n) is 2.81. The van der Waals surface area contributed by atoms with Gasteiger partial charge in [-0.05, 0) is 28.9 Å². The van der Waals surface area contributed by atoms with Crippen LogP contribution < -0.4 is 11.5 Å². The standard InChI is InChI=1S/C11H8BrF6N3O3/c1-9(8(20)23,11(16,17)18)24-7(22)5-4(19)2-3(6(12)21-5)10(13,14)15/h2H,19H2,1H3,(H2,20,23). The van der Waals surface area contributed by atoms with Gasteiger partial charge in [-0.1, -0.05) is 0 Å². The first-order valence-electron chi connectivity index (χ1n) is 5.74. The highest BCUT2D eigenvalue weighted by atomic mass is 79.9. The van der Waals surface area contributed by atoms with Gasteiger partial charge in [-0.3, -0.25) is 4.79 Å². The average molecular weight is 424 g/mol. The molecule has 0 aliphatic carbocycles. The predicted molar refractivity (Wildman–Crippen MR) is 70.4 cm³/mol. The van der Waals surface area contributed by atoms with E-state index in [1.807, 2.05) is 0 Å². The number of rotatable bonds is 3. The summed E-state index contributed by atoms with van der Waals surface area (Å²) in [7, 11) is 0. The fourth-order valence-electron chi connectivity index (χ4n) is 1.35. The molecule has 1 rings (SSSR count). The van der Waals surface area contributed by atoms with Gasteiger partial charge in [0.15, 0.2) is 5.69 Å². The van der Waals surface area contributed by atoms with Crippen LogP contribution in [0.2, 0.25) is 0 Å². The number of halogens is 7. The number of ether oxygens (including phenoxy) is 1. The molecule has 6 nitrogen and oxygen atoms in total. The van der Waals surface area contributed by atoms with Crippen molar-refractivity contribution in [1.29, 1.82) is 0 Å². The maximum atomic E-state index is 12.8. The van der Waals surface area contributed by atoms with Crippen LogP contribution in [0.25, 0.3) is 0 Å². The summed E-state index contributed by atoms with van der Waals surface area (Å²) in [6.07, 6.45) is -10.2. The van der Waals surface area contributed by atoms with Crippen molar-refractivity contribution in [2.75, 3.05) is 5.73 Å². The quantitative estimate of drug-likeness (QED) is 0.440. The van der Waals surface area contributed by atoms with Gasteiger partial charge < -0.3 is 16.2 Å². The number of esters is 1. The lowest BCUT2D eigenvalue weighted by atomic mass is 10.1. The minimum absolute atomic E-state index is 0.183. The monoisotopic (exact) mass is 423 g/mol. The topological polar surface area (TPSA) is 108 Å². The van der Waals surface area contributed by atoms with Crippen LogP contribution >= 0.6 is 15.9 Å². The Balaban J connectivity index is 3.31. The molecule has 0 spiro atoms. The second-order valence-electron chi connectivity index (χ2n) is 4.55. The van der Waals surface area contributed by atoms with Crippen molar-refractivity contribution in [2.45, 2.75) is 24.9 Å². The summed E-state index contributed by atoms with van der Waals surface area (Å²) < 4.78 is 79.6. The van der Waals surface area contributed by atoms with Gasteiger partial charge >= 0.3 is 18.3 Å². The maximum Gasteiger partial charge on any atom is 0.437 e. The van der Waals surface area contributed by atoms with E-state index in [0.717, 1.165) is 0 Å². The smallest absolute Gasteiger partial charge is 0.435 e. The zero-order valence-corrected chi connectivity index (χ0v) is 13.1. The number of aromatic nitrogens is 1. The Labute approximate surface area is 138 Å². The summed E-state index contributed by atoms with van der Waals surface area (Å²) >= 11 is 2.43. The molecule has 0 saturated heterocycles. The molecule has 1 aromatic heterocycles. The lowest BCUT2D eigenvalue weighted by molar-refractivity contribution is -0.243. The zero-order valence-electron chi connectivity index (χ0n) is 11.5. The van der Waals surface area contributed by atoms with Crippen LogP contribution in [0.5, 0.6) is 0 Å². The number of carbonyl (C=O) groups excluding carboxylic acids is 2. The van der Waals surface area contributed by atoms with Crippen molar-refractivity contribution in [3.8, 4) is 0 Å². The molecule has 0 radical (unpaired) electrons. The largest absolute Gasteiger partial charge is 0.437 e. The van der Waals surface area contributed by atoms with Crippen molar-refractivity contribution in [2.24, 2.45) is 5.73 Å². The van der Waals surface area contributed by atoms with Crippen LogP contribution in [0.4, 0.5) is 32.0 Å². The molecule has 0 aromatic carbocycles. The molecule has 0 bridgehead atoms. The van der Waals surface area contributed by atoms with Gasteiger partial charge in [-0.15, -0.1) is 0 Å². The van der Waals surface area contributed by atoms with E-state index in [2.05, 4.69) is 31.4 Å². The van der Waals surface area contributed by atoms with Crippen LogP contribution in [-0.4, -0.2) is 28.6 Å². The molecule has 24 heavy (non-hydrogen) atoms. The molecule has 13 heteroatoms. The minimum Gasteiger partial charge on any atom is -0.435 e. The van der Waals surface area contributed by atoms with Gasteiger partial charge in [-0.2, -0.15) is 26.3 Å². The van der Waals surface area contributed by atoms with E-state index in [0.29, 0.717) is 0 Å². The van der Waals surface area contributed by atoms with E-state index in [4.69, 9.17) is 5.73 Å². The highest BCUT2D eigenvalue weighted by Gasteiger charge is 2.60. The molecule has 1 aromatic rings. The Morgan fingerprint density at radius 3 is 2.08 bits per heavy atom. The van der Waals surface area contributed by atoms with Crippen LogP contribution in [0.1, 0.15) is 23.0 Å². The lowest BCUT2D eigenvalue weighted by Gasteiger charge is -2.28. The Hall–Kier alpha value is -2.05. The summed E-state index contributed by atoms with van der Waals surface area (Å²) in [5.41, 5.74) is 2.78. The highest BCUT2D eigenvalue weighted by molar-refractivity contribution is 9.10. The van der Waals surface area contributed by atoms with E-state index in [1.54, 1.807) is 0 Å². The Morgan fingerprint density at radius 1 is 1.21 bits per heavy atom. The Kier molecular flexibility index (Phi) is 5.09. The van der Waals surface area contributed by atoms with Gasteiger partial charge in [0, 0.05) is 0 Å². The predicted octanol–water partition coefficient (Wildman–Crippen LogP) is 2.41. The number of carbonyl (C=O) groups is 2. The molecular weight excluding hydrogens is 416 g/mol. The number of alkyl halides is 6. The molecule has 0 saturated carbocycles. The summed E-state index contributed by atoms with van der Waals surface area (Å²) in [6.45, 7) is 0.183. The number of hydrogen-bond donors (Lipinski definition) is 2. The molecule has 1 atom stereocenters. The van der Waals surface area contributed by atoms with Crippen molar-refractivity contribution >= 4 is 33.5 Å². The third kappa shape index (κ3) is 3.71. The van der Waals surface area contributed by atoms with E-state index in [-0.39, 0.29) is 13.0 Å². The molecule has 0 fully saturated rings. The number of hydrogen-bond acceptors (Lipinski definition) is 5. The van der Waals surface area contributed by atoms with Crippen LogP contribution in [0.3, 0.4) is 0 Å². The number of nitrogens with two attached hydrogens (primary N) is 2. The van der Waals surface area contributed by atoms with Crippen molar-refractivity contribution in [3.05, 3.63) is 21.9 Å². The van der Waals surface area contributed by atoms with Crippen molar-refractivity contribution in [3.63, 3.8) is 0 Å². The van der Waals surface area contributed by atoms with Crippen molar-refractivity contribution < 1.29 is 40.7 Å². The fraction of sp³-hybridized carbons (Fsp3) is 0.364. The second kappa shape index (κ2) is 6.11. The lowest BCUT2D eigenvalue weighted by Crippen LogP contribution is -2.56. The average Bonchev–Trinajstić information content (AvgIpc) is 2.37. The van der Waals surface area contributed by atoms with Gasteiger partial charge in [0.2, 0.25) is 0 Å². The van der Waals surface area contributed by atoms with E-state index in [1.165, 1.54) is 0 Å². The SMILES string of the molecule is CC(OC(=O)c1nc(Br)c(C(F)(F)F)cc1N)(C(N)=O)C(F)(F)F. The van der Waals surface area contributed by atoms with Crippen molar-refractivity contribution in [1.82, 2.24) is 4.98 Å². The number of nitrogens with zero attached hydrogens (tertiary/aromatic N) is 1. The highest BCUT2D eigenvalue weighted by Crippen LogP contribution is 2.37. The molecule has 134 valence electrons. The Morgan fingerprint density at radius 2 is 1.71 bits per heavy atom. The third-order valence-corrected chi connectivity index (χ3v) is 3.42. The van der Waals surface area contributed by atoms with Crippen LogP contribution in [0.15, 0.2) is 10.7 Å². The number of nitrogen functional groups attached to an aromatic ring is 1. The maximum absolute atomic E-state index is 12.8. The van der Waals surface area contributed by atoms with Crippen LogP contribution in [0, 0.1) is 0 Å². The summed E-state index contributed by atoms with van der Waals surface area (Å²) in [5, 5.41) is 0. The number of pyridine rings is 1. The molecule has 1 amide bonds.